The van der Waals surface area contributed by atoms with Crippen LogP contribution in [0, 0.1) is 6.92 Å². The predicted molar refractivity (Wildman–Crippen MR) is 46.4 cm³/mol. The van der Waals surface area contributed by atoms with Crippen LogP contribution in [0.25, 0.3) is 0 Å². The first-order chi connectivity index (χ1) is 5.74. The minimum atomic E-state index is -0.0672. The van der Waals surface area contributed by atoms with Gasteiger partial charge in [-0.05, 0) is 13.3 Å². The molecule has 0 saturated carbocycles. The molecule has 0 fully saturated rings. The van der Waals surface area contributed by atoms with E-state index in [1.807, 2.05) is 6.92 Å². The third-order valence-electron chi connectivity index (χ3n) is 1.63. The van der Waals surface area contributed by atoms with Crippen LogP contribution in [0.1, 0.15) is 37.3 Å². The molecule has 4 heteroatoms. The van der Waals surface area contributed by atoms with Gasteiger partial charge in [0.25, 0.3) is 0 Å². The minimum Gasteiger partial charge on any atom is -0.321 e. The molecule has 1 heterocycles. The molecule has 0 aliphatic rings. The maximum atomic E-state index is 5.81. The molecule has 0 amide bonds. The molecule has 1 atom stereocenters. The lowest BCUT2D eigenvalue weighted by Crippen LogP contribution is -2.14. The topological polar surface area (TPSA) is 64.7 Å². The van der Waals surface area contributed by atoms with E-state index in [9.17, 15) is 0 Å². The van der Waals surface area contributed by atoms with Crippen molar-refractivity contribution in [3.8, 4) is 0 Å². The van der Waals surface area contributed by atoms with E-state index in [0.717, 1.165) is 18.5 Å². The molecule has 4 nitrogen and oxygen atoms in total. The highest BCUT2D eigenvalue weighted by Crippen LogP contribution is 2.09. The zero-order chi connectivity index (χ0) is 8.97. The molecule has 2 N–H and O–H groups in total. The van der Waals surface area contributed by atoms with E-state index in [2.05, 4.69) is 22.1 Å². The van der Waals surface area contributed by atoms with Gasteiger partial charge in [0.1, 0.15) is 0 Å². The lowest BCUT2D eigenvalue weighted by molar-refractivity contribution is 0.587. The van der Waals surface area contributed by atoms with E-state index in [1.165, 1.54) is 0 Å². The van der Waals surface area contributed by atoms with Crippen molar-refractivity contribution in [1.82, 2.24) is 15.2 Å². The van der Waals surface area contributed by atoms with Gasteiger partial charge in [-0.25, -0.2) is 4.98 Å². The Kier molecular flexibility index (Phi) is 3.10. The van der Waals surface area contributed by atoms with Gasteiger partial charge in [-0.3, -0.25) is 0 Å². The van der Waals surface area contributed by atoms with Crippen molar-refractivity contribution < 1.29 is 0 Å². The molecule has 0 aromatic carbocycles. The fraction of sp³-hybridized carbons (Fsp3) is 0.625. The van der Waals surface area contributed by atoms with Crippen LogP contribution in [-0.2, 0) is 0 Å². The molecule has 0 aliphatic heterocycles. The van der Waals surface area contributed by atoms with Gasteiger partial charge in [0.05, 0.1) is 17.9 Å². The Bertz CT molecular complexity index is 249. The molecule has 66 valence electrons. The van der Waals surface area contributed by atoms with E-state index >= 15 is 0 Å². The molecule has 1 unspecified atom stereocenters. The molecule has 0 aliphatic carbocycles. The largest absolute Gasteiger partial charge is 0.321 e. The molecule has 0 bridgehead atoms. The van der Waals surface area contributed by atoms with Gasteiger partial charge in [-0.2, -0.15) is 5.10 Å². The first kappa shape index (κ1) is 9.06. The van der Waals surface area contributed by atoms with Gasteiger partial charge in [-0.15, -0.1) is 5.10 Å². The summed E-state index contributed by atoms with van der Waals surface area (Å²) >= 11 is 0. The molecular weight excluding hydrogens is 152 g/mol. The first-order valence-electron chi connectivity index (χ1n) is 4.16. The van der Waals surface area contributed by atoms with E-state index in [-0.39, 0.29) is 6.04 Å². The molecule has 12 heavy (non-hydrogen) atoms. The summed E-state index contributed by atoms with van der Waals surface area (Å²) in [5.41, 5.74) is 6.68. The Morgan fingerprint density at radius 1 is 1.58 bits per heavy atom. The van der Waals surface area contributed by atoms with Crippen molar-refractivity contribution >= 4 is 0 Å². The number of nitrogens with zero attached hydrogens (tertiary/aromatic N) is 3. The van der Waals surface area contributed by atoms with Crippen LogP contribution in [0.2, 0.25) is 0 Å². The van der Waals surface area contributed by atoms with Crippen LogP contribution < -0.4 is 5.73 Å². The predicted octanol–water partition coefficient (Wildman–Crippen LogP) is 0.980. The third kappa shape index (κ3) is 2.23. The standard InChI is InChI=1S/C8H14N4/c1-3-4-7(9)8-11-6(2)5-10-12-8/h5,7H,3-4,9H2,1-2H3. The van der Waals surface area contributed by atoms with Crippen LogP contribution >= 0.6 is 0 Å². The summed E-state index contributed by atoms with van der Waals surface area (Å²) in [6.45, 7) is 3.97. The van der Waals surface area contributed by atoms with Crippen molar-refractivity contribution in [3.05, 3.63) is 17.7 Å². The van der Waals surface area contributed by atoms with Crippen molar-refractivity contribution in [2.45, 2.75) is 32.7 Å². The van der Waals surface area contributed by atoms with Gasteiger partial charge in [0, 0.05) is 0 Å². The molecule has 1 rings (SSSR count). The zero-order valence-electron chi connectivity index (χ0n) is 7.49. The van der Waals surface area contributed by atoms with Crippen LogP contribution in [0.5, 0.6) is 0 Å². The highest BCUT2D eigenvalue weighted by atomic mass is 15.2. The second kappa shape index (κ2) is 4.11. The van der Waals surface area contributed by atoms with Crippen molar-refractivity contribution in [2.75, 3.05) is 0 Å². The Hall–Kier alpha value is -1.03. The van der Waals surface area contributed by atoms with Crippen LogP contribution in [0.4, 0.5) is 0 Å². The zero-order valence-corrected chi connectivity index (χ0v) is 7.49. The Labute approximate surface area is 72.2 Å². The van der Waals surface area contributed by atoms with Gasteiger partial charge in [0.2, 0.25) is 0 Å². The fourth-order valence-corrected chi connectivity index (χ4v) is 1.00. The Morgan fingerprint density at radius 3 is 2.92 bits per heavy atom. The minimum absolute atomic E-state index is 0.0672. The number of aromatic nitrogens is 3. The SMILES string of the molecule is CCCC(N)c1nncc(C)n1. The summed E-state index contributed by atoms with van der Waals surface area (Å²) in [4.78, 5) is 4.19. The number of hydrogen-bond donors (Lipinski definition) is 1. The molecule has 0 radical (unpaired) electrons. The summed E-state index contributed by atoms with van der Waals surface area (Å²) in [7, 11) is 0. The summed E-state index contributed by atoms with van der Waals surface area (Å²) in [5.74, 6) is 0.650. The lowest BCUT2D eigenvalue weighted by atomic mass is 10.2. The monoisotopic (exact) mass is 166 g/mol. The van der Waals surface area contributed by atoms with Crippen molar-refractivity contribution in [1.29, 1.82) is 0 Å². The molecule has 0 saturated heterocycles. The molecular formula is C8H14N4. The van der Waals surface area contributed by atoms with Gasteiger partial charge >= 0.3 is 0 Å². The highest BCUT2D eigenvalue weighted by molar-refractivity contribution is 4.96. The number of rotatable bonds is 3. The van der Waals surface area contributed by atoms with Crippen LogP contribution in [0.3, 0.4) is 0 Å². The first-order valence-corrected chi connectivity index (χ1v) is 4.16. The van der Waals surface area contributed by atoms with Crippen LogP contribution in [-0.4, -0.2) is 15.2 Å². The van der Waals surface area contributed by atoms with Crippen molar-refractivity contribution in [3.63, 3.8) is 0 Å². The number of aryl methyl sites for hydroxylation is 1. The molecule has 1 aromatic rings. The normalized spacial score (nSPS) is 12.9. The summed E-state index contributed by atoms with van der Waals surface area (Å²) in [6.07, 6.45) is 3.58. The van der Waals surface area contributed by atoms with E-state index in [1.54, 1.807) is 6.20 Å². The van der Waals surface area contributed by atoms with E-state index < -0.39 is 0 Å². The highest BCUT2D eigenvalue weighted by Gasteiger charge is 2.07. The smallest absolute Gasteiger partial charge is 0.167 e. The lowest BCUT2D eigenvalue weighted by Gasteiger charge is -2.07. The van der Waals surface area contributed by atoms with E-state index in [0.29, 0.717) is 5.82 Å². The molecule has 0 spiro atoms. The van der Waals surface area contributed by atoms with Crippen molar-refractivity contribution in [2.24, 2.45) is 5.73 Å². The van der Waals surface area contributed by atoms with Gasteiger partial charge < -0.3 is 5.73 Å². The number of hydrogen-bond acceptors (Lipinski definition) is 4. The fourth-order valence-electron chi connectivity index (χ4n) is 1.00. The third-order valence-corrected chi connectivity index (χ3v) is 1.63. The van der Waals surface area contributed by atoms with Gasteiger partial charge in [-0.1, -0.05) is 13.3 Å². The summed E-state index contributed by atoms with van der Waals surface area (Å²) in [6, 6.07) is -0.0672. The number of nitrogens with two attached hydrogens (primary N) is 1. The maximum absolute atomic E-state index is 5.81. The second-order valence-electron chi connectivity index (χ2n) is 2.85. The maximum Gasteiger partial charge on any atom is 0.167 e. The summed E-state index contributed by atoms with van der Waals surface area (Å²) in [5, 5.41) is 7.67. The van der Waals surface area contributed by atoms with Crippen LogP contribution in [0.15, 0.2) is 6.20 Å². The average Bonchev–Trinajstić information content (AvgIpc) is 2.05. The summed E-state index contributed by atoms with van der Waals surface area (Å²) < 4.78 is 0. The quantitative estimate of drug-likeness (QED) is 0.727. The Balaban J connectivity index is 2.73. The van der Waals surface area contributed by atoms with Gasteiger partial charge in [0.15, 0.2) is 5.82 Å². The molecule has 1 aromatic heterocycles. The van der Waals surface area contributed by atoms with E-state index in [4.69, 9.17) is 5.73 Å². The Morgan fingerprint density at radius 2 is 2.33 bits per heavy atom. The second-order valence-corrected chi connectivity index (χ2v) is 2.85. The average molecular weight is 166 g/mol.